The van der Waals surface area contributed by atoms with Gasteiger partial charge in [-0.3, -0.25) is 0 Å². The summed E-state index contributed by atoms with van der Waals surface area (Å²) >= 11 is 0. The van der Waals surface area contributed by atoms with Crippen molar-refractivity contribution in [3.05, 3.63) is 34.1 Å². The Kier molecular flexibility index (Phi) is 4.13. The van der Waals surface area contributed by atoms with Crippen molar-refractivity contribution in [3.63, 3.8) is 0 Å². The fourth-order valence-electron chi connectivity index (χ4n) is 0.618. The van der Waals surface area contributed by atoms with E-state index >= 15 is 0 Å². The Bertz CT molecular complexity index is 298. The summed E-state index contributed by atoms with van der Waals surface area (Å²) in [5, 5.41) is 0. The molecule has 0 fully saturated rings. The molecule has 0 spiro atoms. The Labute approximate surface area is 81.6 Å². The quantitative estimate of drug-likeness (QED) is 0.425. The van der Waals surface area contributed by atoms with Gasteiger partial charge in [0.15, 0.2) is 0 Å². The summed E-state index contributed by atoms with van der Waals surface area (Å²) < 4.78 is 0. The smallest absolute Gasteiger partial charge is 0.0688 e. The van der Waals surface area contributed by atoms with Gasteiger partial charge in [-0.1, -0.05) is 34.8 Å². The number of allylic oxidation sites excluding steroid dienone is 6. The van der Waals surface area contributed by atoms with Crippen LogP contribution in [0.4, 0.5) is 0 Å². The first-order valence-corrected chi connectivity index (χ1v) is 5.83. The number of rotatable bonds is 0. The Morgan fingerprint density at radius 2 is 2.17 bits per heavy atom. The van der Waals surface area contributed by atoms with E-state index in [-0.39, 0.29) is 0 Å². The van der Waals surface area contributed by atoms with E-state index in [0.717, 1.165) is 4.91 Å². The largest absolute Gasteiger partial charge is 0.0793 e. The average Bonchev–Trinajstić information content (AvgIpc) is 2.09. The van der Waals surface area contributed by atoms with Crippen LogP contribution in [0, 0.1) is 11.8 Å². The maximum Gasteiger partial charge on any atom is 0.0688 e. The Balaban J connectivity index is 2.62. The van der Waals surface area contributed by atoms with Gasteiger partial charge in [-0.05, 0) is 41.7 Å². The number of hydrogen-bond donors (Lipinski definition) is 0. The van der Waals surface area contributed by atoms with Gasteiger partial charge in [-0.2, -0.15) is 0 Å². The van der Waals surface area contributed by atoms with Crippen molar-refractivity contribution in [1.29, 1.82) is 0 Å². The second-order valence-corrected chi connectivity index (χ2v) is 4.66. The molecule has 0 N–H and O–H groups in total. The zero-order valence-electron chi connectivity index (χ0n) is 7.13. The van der Waals surface area contributed by atoms with Crippen LogP contribution in [-0.2, 0) is 0 Å². The highest BCUT2D eigenvalue weighted by Crippen LogP contribution is 2.38. The van der Waals surface area contributed by atoms with Gasteiger partial charge in [0.25, 0.3) is 0 Å². The third-order valence-electron chi connectivity index (χ3n) is 1.18. The minimum Gasteiger partial charge on any atom is -0.0793 e. The summed E-state index contributed by atoms with van der Waals surface area (Å²) in [4.78, 5) is 2.46. The van der Waals surface area contributed by atoms with Crippen LogP contribution in [0.1, 0.15) is 13.8 Å². The molecule has 0 amide bonds. The van der Waals surface area contributed by atoms with Crippen molar-refractivity contribution in [2.45, 2.75) is 13.8 Å². The molecule has 1 rings (SSSR count). The molecule has 0 aromatic rings. The van der Waals surface area contributed by atoms with Crippen molar-refractivity contribution in [2.24, 2.45) is 0 Å². The molecule has 0 unspecified atom stereocenters. The monoisotopic (exact) mass is 194 g/mol. The second kappa shape index (κ2) is 5.18. The summed E-state index contributed by atoms with van der Waals surface area (Å²) in [6.45, 7) is 4.07. The van der Waals surface area contributed by atoms with E-state index in [1.807, 2.05) is 19.1 Å². The van der Waals surface area contributed by atoms with E-state index in [0.29, 0.717) is 0 Å². The third-order valence-corrected chi connectivity index (χ3v) is 3.66. The molecular weight excluding hydrogens is 184 g/mol. The van der Waals surface area contributed by atoms with Crippen LogP contribution >= 0.6 is 21.6 Å². The highest BCUT2D eigenvalue weighted by molar-refractivity contribution is 8.79. The molecule has 0 aromatic heterocycles. The molecule has 62 valence electrons. The lowest BCUT2D eigenvalue weighted by molar-refractivity contribution is 1.67. The van der Waals surface area contributed by atoms with Crippen LogP contribution in [0.3, 0.4) is 0 Å². The molecule has 0 bridgehead atoms. The second-order valence-electron chi connectivity index (χ2n) is 2.24. The van der Waals surface area contributed by atoms with Crippen LogP contribution in [0.5, 0.6) is 0 Å². The van der Waals surface area contributed by atoms with Crippen LogP contribution in [0.15, 0.2) is 34.1 Å². The Morgan fingerprint density at radius 3 is 2.75 bits per heavy atom. The van der Waals surface area contributed by atoms with Crippen molar-refractivity contribution in [2.75, 3.05) is 0 Å². The van der Waals surface area contributed by atoms with Crippen LogP contribution < -0.4 is 0 Å². The van der Waals surface area contributed by atoms with Gasteiger partial charge >= 0.3 is 0 Å². The highest BCUT2D eigenvalue weighted by atomic mass is 33.1. The molecule has 0 aromatic carbocycles. The molecule has 1 aliphatic rings. The maximum atomic E-state index is 3.06. The number of hydrogen-bond acceptors (Lipinski definition) is 2. The van der Waals surface area contributed by atoms with Gasteiger partial charge in [-0.15, -0.1) is 0 Å². The fourth-order valence-corrected chi connectivity index (χ4v) is 2.31. The van der Waals surface area contributed by atoms with Gasteiger partial charge in [0.1, 0.15) is 0 Å². The predicted octanol–water partition coefficient (Wildman–Crippen LogP) is 3.75. The van der Waals surface area contributed by atoms with Crippen molar-refractivity contribution >= 4 is 21.6 Å². The van der Waals surface area contributed by atoms with Gasteiger partial charge in [0.05, 0.1) is 4.91 Å². The lowest BCUT2D eigenvalue weighted by Gasteiger charge is -2.03. The van der Waals surface area contributed by atoms with Gasteiger partial charge in [0.2, 0.25) is 0 Å². The van der Waals surface area contributed by atoms with Crippen LogP contribution in [-0.4, -0.2) is 0 Å². The van der Waals surface area contributed by atoms with Crippen molar-refractivity contribution in [1.82, 2.24) is 0 Å². The first-order valence-electron chi connectivity index (χ1n) is 3.68. The molecular formula is C10H10S2. The molecule has 0 atom stereocenters. The first kappa shape index (κ1) is 9.57. The summed E-state index contributed by atoms with van der Waals surface area (Å²) in [7, 11) is 3.49. The lowest BCUT2D eigenvalue weighted by atomic mass is 10.4. The minimum atomic E-state index is 1.13. The molecule has 2 heteroatoms. The lowest BCUT2D eigenvalue weighted by Crippen LogP contribution is -1.74. The van der Waals surface area contributed by atoms with Crippen LogP contribution in [0.2, 0.25) is 0 Å². The standard InChI is InChI=1S/C10H10S2/c1-3-4-5-6-10-8-7-9(2)11-12-10/h3-4,7-8H,1-2H3/b4-3+. The SMILES string of the molecule is C/C=C/C#CC1=CC=C(C)SS1. The van der Waals surface area contributed by atoms with E-state index in [9.17, 15) is 0 Å². The van der Waals surface area contributed by atoms with Gasteiger partial charge in [0, 0.05) is 0 Å². The van der Waals surface area contributed by atoms with Crippen LogP contribution in [0.25, 0.3) is 0 Å². The molecule has 1 heterocycles. The fraction of sp³-hybridized carbons (Fsp3) is 0.200. The van der Waals surface area contributed by atoms with E-state index in [2.05, 4.69) is 30.9 Å². The first-order chi connectivity index (χ1) is 5.83. The molecule has 0 saturated carbocycles. The van der Waals surface area contributed by atoms with E-state index in [4.69, 9.17) is 0 Å². The molecule has 0 nitrogen and oxygen atoms in total. The summed E-state index contributed by atoms with van der Waals surface area (Å²) in [6, 6.07) is 0. The van der Waals surface area contributed by atoms with Crippen molar-refractivity contribution in [3.8, 4) is 11.8 Å². The average molecular weight is 194 g/mol. The highest BCUT2D eigenvalue weighted by Gasteiger charge is 2.00. The maximum absolute atomic E-state index is 3.06. The topological polar surface area (TPSA) is 0 Å². The molecule has 1 aliphatic heterocycles. The molecule has 0 aliphatic carbocycles. The van der Waals surface area contributed by atoms with E-state index in [1.54, 1.807) is 21.6 Å². The molecule has 12 heavy (non-hydrogen) atoms. The zero-order chi connectivity index (χ0) is 8.81. The summed E-state index contributed by atoms with van der Waals surface area (Å²) in [6.07, 6.45) is 7.96. The van der Waals surface area contributed by atoms with Gasteiger partial charge < -0.3 is 0 Å². The predicted molar refractivity (Wildman–Crippen MR) is 59.6 cm³/mol. The zero-order valence-corrected chi connectivity index (χ0v) is 8.76. The molecule has 0 radical (unpaired) electrons. The van der Waals surface area contributed by atoms with Crippen molar-refractivity contribution < 1.29 is 0 Å². The van der Waals surface area contributed by atoms with E-state index < -0.39 is 0 Å². The normalized spacial score (nSPS) is 16.5. The summed E-state index contributed by atoms with van der Waals surface area (Å²) in [5.74, 6) is 6.02. The van der Waals surface area contributed by atoms with Gasteiger partial charge in [-0.25, -0.2) is 0 Å². The molecule has 0 saturated heterocycles. The Morgan fingerprint density at radius 1 is 1.33 bits per heavy atom. The third kappa shape index (κ3) is 3.25. The van der Waals surface area contributed by atoms with E-state index in [1.165, 1.54) is 4.91 Å². The minimum absolute atomic E-state index is 1.13. The Hall–Kier alpha value is -0.520. The summed E-state index contributed by atoms with van der Waals surface area (Å²) in [5.41, 5.74) is 0.